The fraction of sp³-hybridized carbons (Fsp3) is 0.357. The molecule has 5 rings (SSSR count). The molecule has 0 saturated heterocycles. The number of hydrogen-bond acceptors (Lipinski definition) is 6. The van der Waals surface area contributed by atoms with E-state index in [4.69, 9.17) is 21.1 Å². The molecule has 0 radical (unpaired) electrons. The second kappa shape index (κ2) is 11.1. The summed E-state index contributed by atoms with van der Waals surface area (Å²) in [4.78, 5) is 11.3. The molecule has 0 spiro atoms. The van der Waals surface area contributed by atoms with Gasteiger partial charge in [-0.1, -0.05) is 29.8 Å². The van der Waals surface area contributed by atoms with Crippen LogP contribution in [0.4, 0.5) is 10.1 Å². The number of benzene rings is 2. The zero-order chi connectivity index (χ0) is 28.6. The Kier molecular flexibility index (Phi) is 7.78. The molecule has 2 aliphatic rings. The number of rotatable bonds is 8. The van der Waals surface area contributed by atoms with Crippen LogP contribution in [0.1, 0.15) is 49.4 Å². The summed E-state index contributed by atoms with van der Waals surface area (Å²) in [5.41, 5.74) is 2.28. The first-order valence-electron chi connectivity index (χ1n) is 12.9. The molecule has 9 nitrogen and oxygen atoms in total. The Morgan fingerprint density at radius 2 is 2.10 bits per heavy atom. The van der Waals surface area contributed by atoms with Crippen molar-refractivity contribution < 1.29 is 32.2 Å². The van der Waals surface area contributed by atoms with Crippen molar-refractivity contribution in [1.82, 2.24) is 9.78 Å². The van der Waals surface area contributed by atoms with E-state index in [-0.39, 0.29) is 46.4 Å². The van der Waals surface area contributed by atoms with Gasteiger partial charge in [-0.3, -0.25) is 13.8 Å². The molecule has 40 heavy (non-hydrogen) atoms. The maximum atomic E-state index is 14.5. The highest BCUT2D eigenvalue weighted by molar-refractivity contribution is 7.93. The quantitative estimate of drug-likeness (QED) is 0.350. The van der Waals surface area contributed by atoms with Gasteiger partial charge in [0, 0.05) is 18.5 Å². The lowest BCUT2D eigenvalue weighted by Crippen LogP contribution is -2.44. The minimum atomic E-state index is -4.20. The number of aryl methyl sites for hydroxylation is 1. The standard InChI is InChI=1S/C28H29ClFN3O6S/c1-17(26-20(29)6-5-7-21(26)30)14-18-9-11-24-23(15-18)33(16-19(39-24)10-12-25(34)35)40(36,37)27-22-8-3-4-13-32(22)31-28(27)38-2/h5-7,9,11,14-15,19H,3-4,8,10,12-13,16H2,1-2H3,(H,34,35)/b17-14+/t19-/m0/s1. The Bertz CT molecular complexity index is 1580. The lowest BCUT2D eigenvalue weighted by molar-refractivity contribution is -0.137. The third kappa shape index (κ3) is 5.27. The van der Waals surface area contributed by atoms with Crippen LogP contribution in [0.25, 0.3) is 11.6 Å². The van der Waals surface area contributed by atoms with Crippen LogP contribution in [0.5, 0.6) is 11.6 Å². The van der Waals surface area contributed by atoms with E-state index in [1.807, 2.05) is 0 Å². The topological polar surface area (TPSA) is 111 Å². The molecule has 2 aromatic carbocycles. The molecule has 212 valence electrons. The number of halogens is 2. The number of aromatic nitrogens is 2. The van der Waals surface area contributed by atoms with Gasteiger partial charge in [-0.2, -0.15) is 0 Å². The third-order valence-electron chi connectivity index (χ3n) is 7.09. The second-order valence-electron chi connectivity index (χ2n) is 9.82. The third-order valence-corrected chi connectivity index (χ3v) is 9.26. The van der Waals surface area contributed by atoms with E-state index >= 15 is 0 Å². The van der Waals surface area contributed by atoms with Crippen molar-refractivity contribution in [3.63, 3.8) is 0 Å². The Hall–Kier alpha value is -3.57. The number of anilines is 1. The van der Waals surface area contributed by atoms with Crippen LogP contribution in [0.15, 0.2) is 41.3 Å². The Labute approximate surface area is 236 Å². The molecule has 0 bridgehead atoms. The minimum Gasteiger partial charge on any atom is -0.486 e. The predicted molar refractivity (Wildman–Crippen MR) is 149 cm³/mol. The summed E-state index contributed by atoms with van der Waals surface area (Å²) in [5.74, 6) is -1.15. The second-order valence-corrected chi connectivity index (χ2v) is 12.0. The maximum absolute atomic E-state index is 14.5. The van der Waals surface area contributed by atoms with Crippen molar-refractivity contribution in [2.75, 3.05) is 18.0 Å². The van der Waals surface area contributed by atoms with Gasteiger partial charge in [-0.25, -0.2) is 12.8 Å². The smallest absolute Gasteiger partial charge is 0.303 e. The summed E-state index contributed by atoms with van der Waals surface area (Å²) in [6.45, 7) is 2.22. The van der Waals surface area contributed by atoms with Crippen LogP contribution < -0.4 is 13.8 Å². The van der Waals surface area contributed by atoms with Gasteiger partial charge in [0.25, 0.3) is 15.9 Å². The number of hydrogen-bond donors (Lipinski definition) is 1. The first-order valence-corrected chi connectivity index (χ1v) is 14.7. The number of nitrogens with zero attached hydrogens (tertiary/aromatic N) is 3. The van der Waals surface area contributed by atoms with Crippen LogP contribution in [-0.2, 0) is 27.8 Å². The average Bonchev–Trinajstić information content (AvgIpc) is 3.31. The molecule has 0 amide bonds. The zero-order valence-corrected chi connectivity index (χ0v) is 23.6. The summed E-state index contributed by atoms with van der Waals surface area (Å²) in [5, 5.41) is 13.9. The van der Waals surface area contributed by atoms with Gasteiger partial charge in [-0.05, 0) is 68.0 Å². The van der Waals surface area contributed by atoms with Crippen molar-refractivity contribution in [2.45, 2.75) is 56.6 Å². The highest BCUT2D eigenvalue weighted by atomic mass is 35.5. The first kappa shape index (κ1) is 28.0. The molecule has 12 heteroatoms. The molecule has 0 unspecified atom stereocenters. The van der Waals surface area contributed by atoms with Gasteiger partial charge in [0.05, 0.1) is 30.1 Å². The Morgan fingerprint density at radius 3 is 2.83 bits per heavy atom. The number of carbonyl (C=O) groups is 1. The molecule has 0 saturated carbocycles. The molecule has 2 aliphatic heterocycles. The summed E-state index contributed by atoms with van der Waals surface area (Å²) in [6.07, 6.45) is 3.22. The fourth-order valence-electron chi connectivity index (χ4n) is 5.22. The van der Waals surface area contributed by atoms with Crippen LogP contribution in [0, 0.1) is 5.82 Å². The largest absolute Gasteiger partial charge is 0.486 e. The van der Waals surface area contributed by atoms with Gasteiger partial charge in [0.2, 0.25) is 0 Å². The fourth-order valence-corrected chi connectivity index (χ4v) is 7.37. The molecule has 0 fully saturated rings. The van der Waals surface area contributed by atoms with Crippen LogP contribution in [-0.4, -0.2) is 49.0 Å². The lowest BCUT2D eigenvalue weighted by Gasteiger charge is -2.35. The van der Waals surface area contributed by atoms with Crippen molar-refractivity contribution >= 4 is 44.9 Å². The summed E-state index contributed by atoms with van der Waals surface area (Å²) in [7, 11) is -2.82. The molecule has 3 aromatic rings. The van der Waals surface area contributed by atoms with Gasteiger partial charge >= 0.3 is 5.97 Å². The number of ether oxygens (including phenoxy) is 2. The van der Waals surface area contributed by atoms with E-state index in [1.54, 1.807) is 41.9 Å². The monoisotopic (exact) mass is 589 g/mol. The van der Waals surface area contributed by atoms with Gasteiger partial charge < -0.3 is 14.6 Å². The maximum Gasteiger partial charge on any atom is 0.303 e. The van der Waals surface area contributed by atoms with Gasteiger partial charge in [0.15, 0.2) is 4.90 Å². The number of sulfonamides is 1. The van der Waals surface area contributed by atoms with Crippen molar-refractivity contribution in [3.8, 4) is 11.6 Å². The van der Waals surface area contributed by atoms with Crippen LogP contribution >= 0.6 is 11.6 Å². The Morgan fingerprint density at radius 1 is 1.30 bits per heavy atom. The molecular formula is C28H29ClFN3O6S. The average molecular weight is 590 g/mol. The number of carboxylic acids is 1. The van der Waals surface area contributed by atoms with Crippen molar-refractivity contribution in [3.05, 3.63) is 64.1 Å². The van der Waals surface area contributed by atoms with Crippen LogP contribution in [0.2, 0.25) is 5.02 Å². The Balaban J connectivity index is 1.61. The van der Waals surface area contributed by atoms with E-state index in [0.717, 1.165) is 12.8 Å². The highest BCUT2D eigenvalue weighted by Crippen LogP contribution is 2.42. The number of aliphatic carboxylic acids is 1. The normalized spacial score (nSPS) is 17.1. The van der Waals surface area contributed by atoms with Crippen molar-refractivity contribution in [1.29, 1.82) is 0 Å². The van der Waals surface area contributed by atoms with Crippen molar-refractivity contribution in [2.24, 2.45) is 0 Å². The van der Waals surface area contributed by atoms with E-state index in [0.29, 0.717) is 35.5 Å². The predicted octanol–water partition coefficient (Wildman–Crippen LogP) is 5.40. The molecule has 1 atom stereocenters. The SMILES string of the molecule is COc1nn2c(c1S(=O)(=O)N1C[C@H](CCC(=O)O)Oc3ccc(/C=C(\C)c4c(F)cccc4Cl)cc31)CCCC2. The van der Waals surface area contributed by atoms with E-state index in [2.05, 4.69) is 5.10 Å². The highest BCUT2D eigenvalue weighted by Gasteiger charge is 2.40. The molecular weight excluding hydrogens is 561 g/mol. The first-order chi connectivity index (χ1) is 19.1. The van der Waals surface area contributed by atoms with E-state index < -0.39 is 27.9 Å². The van der Waals surface area contributed by atoms with Gasteiger partial charge in [-0.15, -0.1) is 5.10 Å². The summed E-state index contributed by atoms with van der Waals surface area (Å²) in [6, 6.07) is 9.47. The number of carboxylic acid groups (broad SMARTS) is 1. The van der Waals surface area contributed by atoms with E-state index in [1.165, 1.54) is 23.5 Å². The number of fused-ring (bicyclic) bond motifs is 2. The zero-order valence-electron chi connectivity index (χ0n) is 22.1. The van der Waals surface area contributed by atoms with Gasteiger partial charge in [0.1, 0.15) is 17.7 Å². The molecule has 1 N–H and O–H groups in total. The molecule has 3 heterocycles. The van der Waals surface area contributed by atoms with E-state index in [9.17, 15) is 22.7 Å². The lowest BCUT2D eigenvalue weighted by atomic mass is 10.0. The number of methoxy groups -OCH3 is 1. The molecule has 1 aromatic heterocycles. The summed E-state index contributed by atoms with van der Waals surface area (Å²) < 4.78 is 57.6. The molecule has 0 aliphatic carbocycles. The minimum absolute atomic E-state index is 0.00907. The number of allylic oxidation sites excluding steroid dienone is 1. The van der Waals surface area contributed by atoms with Crippen LogP contribution in [0.3, 0.4) is 0 Å². The summed E-state index contributed by atoms with van der Waals surface area (Å²) >= 11 is 6.25.